The van der Waals surface area contributed by atoms with Gasteiger partial charge in [0, 0.05) is 42.8 Å². The van der Waals surface area contributed by atoms with E-state index in [1.807, 2.05) is 43.5 Å². The van der Waals surface area contributed by atoms with Gasteiger partial charge in [0.25, 0.3) is 0 Å². The van der Waals surface area contributed by atoms with Crippen LogP contribution in [0.2, 0.25) is 0 Å². The second-order valence-corrected chi connectivity index (χ2v) is 8.79. The molecule has 174 valence electrons. The van der Waals surface area contributed by atoms with E-state index in [1.54, 1.807) is 35.3 Å². The highest BCUT2D eigenvalue weighted by Crippen LogP contribution is 2.32. The number of aliphatic hydroxyl groups is 1. The summed E-state index contributed by atoms with van der Waals surface area (Å²) in [6.07, 6.45) is 8.33. The lowest BCUT2D eigenvalue weighted by molar-refractivity contribution is -0.134. The minimum Gasteiger partial charge on any atom is -0.494 e. The molecule has 1 amide bonds. The van der Waals surface area contributed by atoms with Crippen molar-refractivity contribution in [3.05, 3.63) is 60.8 Å². The third-order valence-corrected chi connectivity index (χ3v) is 6.24. The number of fused-ring (bicyclic) bond motifs is 1. The van der Waals surface area contributed by atoms with E-state index in [0.717, 1.165) is 16.9 Å². The summed E-state index contributed by atoms with van der Waals surface area (Å²) < 4.78 is 7.25. The van der Waals surface area contributed by atoms with Crippen LogP contribution in [-0.2, 0) is 11.2 Å². The van der Waals surface area contributed by atoms with Crippen molar-refractivity contribution in [1.82, 2.24) is 29.6 Å². The first-order chi connectivity index (χ1) is 16.4. The van der Waals surface area contributed by atoms with Gasteiger partial charge in [0.15, 0.2) is 5.82 Å². The maximum absolute atomic E-state index is 12.8. The fraction of sp³-hybridized carbons (Fsp3) is 0.320. The molecule has 3 aromatic heterocycles. The van der Waals surface area contributed by atoms with Crippen molar-refractivity contribution in [3.63, 3.8) is 0 Å². The van der Waals surface area contributed by atoms with Crippen LogP contribution in [-0.4, -0.2) is 66.4 Å². The molecule has 1 aliphatic heterocycles. The van der Waals surface area contributed by atoms with Gasteiger partial charge in [0.05, 0.1) is 31.0 Å². The number of nitrogens with zero attached hydrogens (tertiary/aromatic N) is 6. The fourth-order valence-corrected chi connectivity index (χ4v) is 4.18. The summed E-state index contributed by atoms with van der Waals surface area (Å²) in [4.78, 5) is 28.3. The average molecular weight is 459 g/mol. The number of likely N-dealkylation sites (tertiary alicyclic amines) is 1. The summed E-state index contributed by atoms with van der Waals surface area (Å²) in [5, 5.41) is 14.6. The summed E-state index contributed by atoms with van der Waals surface area (Å²) in [5.74, 6) is 1.29. The molecule has 4 aromatic rings. The molecule has 0 saturated carbocycles. The number of piperidine rings is 1. The Kier molecular flexibility index (Phi) is 5.70. The standard InChI is InChI=1S/C25H26N6O3/c1-25(33)8-11-30(12-9-25)22(32)13-18-15-27-23-19(6-7-20(34-2)24(23)29-18)17-14-28-31(16-17)21-5-3-4-10-26-21/h3-7,10,14-16,33H,8-9,11-13H2,1-2H3. The van der Waals surface area contributed by atoms with Crippen LogP contribution in [0.1, 0.15) is 25.5 Å². The Bertz CT molecular complexity index is 1330. The first-order valence-electron chi connectivity index (χ1n) is 11.2. The van der Waals surface area contributed by atoms with Crippen LogP contribution in [0, 0.1) is 0 Å². The molecule has 0 aliphatic carbocycles. The predicted octanol–water partition coefficient (Wildman–Crippen LogP) is 2.80. The molecule has 0 atom stereocenters. The van der Waals surface area contributed by atoms with E-state index in [2.05, 4.69) is 15.1 Å². The molecule has 4 heterocycles. The Hall–Kier alpha value is -3.85. The molecular formula is C25H26N6O3. The van der Waals surface area contributed by atoms with E-state index in [4.69, 9.17) is 9.72 Å². The number of ether oxygens (including phenoxy) is 1. The van der Waals surface area contributed by atoms with Crippen LogP contribution in [0.4, 0.5) is 0 Å². The van der Waals surface area contributed by atoms with Crippen molar-refractivity contribution >= 4 is 16.9 Å². The number of hydrogen-bond donors (Lipinski definition) is 1. The van der Waals surface area contributed by atoms with Crippen molar-refractivity contribution in [3.8, 4) is 22.7 Å². The van der Waals surface area contributed by atoms with E-state index >= 15 is 0 Å². The number of methoxy groups -OCH3 is 1. The van der Waals surface area contributed by atoms with Crippen LogP contribution in [0.25, 0.3) is 28.0 Å². The lowest BCUT2D eigenvalue weighted by Crippen LogP contribution is -2.45. The fourth-order valence-electron chi connectivity index (χ4n) is 4.18. The predicted molar refractivity (Wildman–Crippen MR) is 127 cm³/mol. The number of pyridine rings is 1. The van der Waals surface area contributed by atoms with E-state index in [0.29, 0.717) is 48.4 Å². The monoisotopic (exact) mass is 458 g/mol. The summed E-state index contributed by atoms with van der Waals surface area (Å²) in [7, 11) is 1.59. The minimum absolute atomic E-state index is 0.0177. The summed E-state index contributed by atoms with van der Waals surface area (Å²) in [6.45, 7) is 2.90. The zero-order chi connectivity index (χ0) is 23.7. The lowest BCUT2D eigenvalue weighted by atomic mass is 9.93. The number of benzene rings is 1. The summed E-state index contributed by atoms with van der Waals surface area (Å²) in [5.41, 5.74) is 2.88. The topological polar surface area (TPSA) is 106 Å². The van der Waals surface area contributed by atoms with Gasteiger partial charge in [0.1, 0.15) is 16.8 Å². The highest BCUT2D eigenvalue weighted by atomic mass is 16.5. The molecule has 0 radical (unpaired) electrons. The Labute approximate surface area is 197 Å². The summed E-state index contributed by atoms with van der Waals surface area (Å²) in [6, 6.07) is 9.43. The Morgan fingerprint density at radius 3 is 2.68 bits per heavy atom. The minimum atomic E-state index is -0.701. The second kappa shape index (κ2) is 8.83. The van der Waals surface area contributed by atoms with E-state index in [9.17, 15) is 9.90 Å². The Morgan fingerprint density at radius 2 is 1.94 bits per heavy atom. The number of carbonyl (C=O) groups is 1. The zero-order valence-electron chi connectivity index (χ0n) is 19.2. The third-order valence-electron chi connectivity index (χ3n) is 6.24. The Morgan fingerprint density at radius 1 is 1.12 bits per heavy atom. The number of carbonyl (C=O) groups excluding carboxylic acids is 1. The lowest BCUT2D eigenvalue weighted by Gasteiger charge is -2.35. The molecule has 0 spiro atoms. The molecule has 9 heteroatoms. The van der Waals surface area contributed by atoms with Gasteiger partial charge in [-0.1, -0.05) is 6.07 Å². The van der Waals surface area contributed by atoms with Crippen LogP contribution >= 0.6 is 0 Å². The van der Waals surface area contributed by atoms with E-state index in [1.165, 1.54) is 0 Å². The smallest absolute Gasteiger partial charge is 0.228 e. The van der Waals surface area contributed by atoms with Gasteiger partial charge >= 0.3 is 0 Å². The zero-order valence-corrected chi connectivity index (χ0v) is 19.2. The molecule has 1 fully saturated rings. The molecule has 34 heavy (non-hydrogen) atoms. The number of amides is 1. The van der Waals surface area contributed by atoms with Gasteiger partial charge in [-0.25, -0.2) is 14.6 Å². The highest BCUT2D eigenvalue weighted by molar-refractivity contribution is 5.95. The van der Waals surface area contributed by atoms with Crippen LogP contribution in [0.5, 0.6) is 5.75 Å². The van der Waals surface area contributed by atoms with Crippen LogP contribution < -0.4 is 4.74 Å². The van der Waals surface area contributed by atoms with Crippen LogP contribution in [0.15, 0.2) is 55.1 Å². The molecule has 1 aromatic carbocycles. The van der Waals surface area contributed by atoms with Crippen molar-refractivity contribution in [1.29, 1.82) is 0 Å². The van der Waals surface area contributed by atoms with Crippen LogP contribution in [0.3, 0.4) is 0 Å². The van der Waals surface area contributed by atoms with Crippen molar-refractivity contribution in [2.75, 3.05) is 20.2 Å². The summed E-state index contributed by atoms with van der Waals surface area (Å²) >= 11 is 0. The SMILES string of the molecule is COc1ccc(-c2cnn(-c3ccccn3)c2)c2ncc(CC(=O)N3CCC(C)(O)CC3)nc12. The maximum Gasteiger partial charge on any atom is 0.228 e. The molecule has 0 unspecified atom stereocenters. The van der Waals surface area contributed by atoms with E-state index in [-0.39, 0.29) is 12.3 Å². The van der Waals surface area contributed by atoms with Crippen molar-refractivity contribution in [2.45, 2.75) is 31.8 Å². The molecule has 1 saturated heterocycles. The second-order valence-electron chi connectivity index (χ2n) is 8.79. The van der Waals surface area contributed by atoms with Gasteiger partial charge < -0.3 is 14.7 Å². The van der Waals surface area contributed by atoms with Gasteiger partial charge in [0.2, 0.25) is 5.91 Å². The molecule has 0 bridgehead atoms. The molecular weight excluding hydrogens is 432 g/mol. The van der Waals surface area contributed by atoms with Crippen molar-refractivity contribution in [2.24, 2.45) is 0 Å². The van der Waals surface area contributed by atoms with Gasteiger partial charge in [-0.2, -0.15) is 5.10 Å². The third kappa shape index (κ3) is 4.34. The molecule has 1 N–H and O–H groups in total. The quantitative estimate of drug-likeness (QED) is 0.490. The Balaban J connectivity index is 1.44. The first kappa shape index (κ1) is 22.0. The van der Waals surface area contributed by atoms with E-state index < -0.39 is 5.60 Å². The largest absolute Gasteiger partial charge is 0.494 e. The number of aromatic nitrogens is 5. The maximum atomic E-state index is 12.8. The molecule has 5 rings (SSSR count). The number of rotatable bonds is 5. The molecule has 9 nitrogen and oxygen atoms in total. The van der Waals surface area contributed by atoms with Gasteiger partial charge in [-0.05, 0) is 44.0 Å². The van der Waals surface area contributed by atoms with Gasteiger partial charge in [-0.15, -0.1) is 0 Å². The van der Waals surface area contributed by atoms with Gasteiger partial charge in [-0.3, -0.25) is 9.78 Å². The number of hydrogen-bond acceptors (Lipinski definition) is 7. The first-order valence-corrected chi connectivity index (χ1v) is 11.2. The average Bonchev–Trinajstić information content (AvgIpc) is 3.34. The van der Waals surface area contributed by atoms with Crippen molar-refractivity contribution < 1.29 is 14.6 Å². The highest BCUT2D eigenvalue weighted by Gasteiger charge is 2.29. The normalized spacial score (nSPS) is 15.4. The molecule has 1 aliphatic rings.